The lowest BCUT2D eigenvalue weighted by Crippen LogP contribution is -2.43. The Morgan fingerprint density at radius 1 is 0.912 bits per heavy atom. The minimum Gasteiger partial charge on any atom is -0.497 e. The molecule has 0 heterocycles. The summed E-state index contributed by atoms with van der Waals surface area (Å²) in [5.41, 5.74) is 8.56. The minimum atomic E-state index is -0.325. The molecule has 0 saturated carbocycles. The Morgan fingerprint density at radius 3 is 2.32 bits per heavy atom. The van der Waals surface area contributed by atoms with Crippen molar-refractivity contribution >= 4 is 28.9 Å². The molecule has 3 aromatic rings. The molecule has 178 valence electrons. The standard InChI is InChI=1S/C26H29N3O4S/c1-17(2)19-8-10-21(11-9-19)33-16-18-6-5-7-20(14-18)25(30)28-29-26(34)27-23-13-12-22(31-3)15-24(23)32-4/h5-15,17H,16H2,1-4H3,(H,28,30)(H2,27,29,34). The van der Waals surface area contributed by atoms with Gasteiger partial charge in [-0.3, -0.25) is 15.6 Å². The van der Waals surface area contributed by atoms with Crippen molar-refractivity contribution < 1.29 is 19.0 Å². The number of benzene rings is 3. The number of methoxy groups -OCH3 is 2. The van der Waals surface area contributed by atoms with Gasteiger partial charge in [-0.2, -0.15) is 0 Å². The van der Waals surface area contributed by atoms with Gasteiger partial charge in [0.2, 0.25) is 0 Å². The van der Waals surface area contributed by atoms with Crippen LogP contribution in [0.2, 0.25) is 0 Å². The van der Waals surface area contributed by atoms with Crippen molar-refractivity contribution in [2.45, 2.75) is 26.4 Å². The topological polar surface area (TPSA) is 80.9 Å². The molecule has 8 heteroatoms. The zero-order valence-electron chi connectivity index (χ0n) is 19.7. The van der Waals surface area contributed by atoms with E-state index in [0.29, 0.717) is 35.3 Å². The largest absolute Gasteiger partial charge is 0.497 e. The van der Waals surface area contributed by atoms with Gasteiger partial charge in [0.15, 0.2) is 5.11 Å². The summed E-state index contributed by atoms with van der Waals surface area (Å²) in [6.45, 7) is 4.66. The summed E-state index contributed by atoms with van der Waals surface area (Å²) in [5, 5.41) is 3.19. The number of thiocarbonyl (C=S) groups is 1. The molecule has 3 rings (SSSR count). The van der Waals surface area contributed by atoms with Gasteiger partial charge >= 0.3 is 0 Å². The van der Waals surface area contributed by atoms with Crippen molar-refractivity contribution in [1.29, 1.82) is 0 Å². The number of hydrogen-bond acceptors (Lipinski definition) is 5. The first-order chi connectivity index (χ1) is 16.4. The van der Waals surface area contributed by atoms with Crippen LogP contribution in [0.15, 0.2) is 66.7 Å². The second-order valence-corrected chi connectivity index (χ2v) is 8.22. The van der Waals surface area contributed by atoms with E-state index < -0.39 is 0 Å². The van der Waals surface area contributed by atoms with Crippen LogP contribution in [-0.2, 0) is 6.61 Å². The van der Waals surface area contributed by atoms with Crippen LogP contribution < -0.4 is 30.4 Å². The maximum atomic E-state index is 12.6. The summed E-state index contributed by atoms with van der Waals surface area (Å²) in [7, 11) is 3.13. The third-order valence-electron chi connectivity index (χ3n) is 5.09. The Labute approximate surface area is 205 Å². The molecule has 0 aliphatic rings. The molecule has 0 spiro atoms. The van der Waals surface area contributed by atoms with E-state index in [1.54, 1.807) is 44.6 Å². The molecule has 0 fully saturated rings. The average molecular weight is 480 g/mol. The molecule has 0 saturated heterocycles. The number of hydrogen-bond donors (Lipinski definition) is 3. The molecule has 3 aromatic carbocycles. The van der Waals surface area contributed by atoms with Crippen LogP contribution in [0.4, 0.5) is 5.69 Å². The average Bonchev–Trinajstić information content (AvgIpc) is 2.86. The van der Waals surface area contributed by atoms with Crippen molar-refractivity contribution in [2.24, 2.45) is 0 Å². The van der Waals surface area contributed by atoms with Crippen LogP contribution in [0.3, 0.4) is 0 Å². The van der Waals surface area contributed by atoms with Crippen molar-refractivity contribution in [3.63, 3.8) is 0 Å². The van der Waals surface area contributed by atoms with Gasteiger partial charge in [-0.05, 0) is 65.7 Å². The van der Waals surface area contributed by atoms with Crippen LogP contribution in [0.5, 0.6) is 17.2 Å². The van der Waals surface area contributed by atoms with Gasteiger partial charge in [0.25, 0.3) is 5.91 Å². The van der Waals surface area contributed by atoms with E-state index in [-0.39, 0.29) is 11.0 Å². The first-order valence-corrected chi connectivity index (χ1v) is 11.2. The predicted octanol–water partition coefficient (Wildman–Crippen LogP) is 5.04. The number of anilines is 1. The smallest absolute Gasteiger partial charge is 0.269 e. The summed E-state index contributed by atoms with van der Waals surface area (Å²) >= 11 is 5.28. The normalized spacial score (nSPS) is 10.4. The molecule has 0 bridgehead atoms. The Morgan fingerprint density at radius 2 is 1.65 bits per heavy atom. The lowest BCUT2D eigenvalue weighted by Gasteiger charge is -2.15. The van der Waals surface area contributed by atoms with E-state index in [1.807, 2.05) is 24.3 Å². The molecule has 0 atom stereocenters. The van der Waals surface area contributed by atoms with Crippen LogP contribution in [0, 0.1) is 0 Å². The third-order valence-corrected chi connectivity index (χ3v) is 5.29. The van der Waals surface area contributed by atoms with Crippen LogP contribution >= 0.6 is 12.2 Å². The molecule has 3 N–H and O–H groups in total. The van der Waals surface area contributed by atoms with Gasteiger partial charge in [-0.25, -0.2) is 0 Å². The van der Waals surface area contributed by atoms with Crippen LogP contribution in [0.25, 0.3) is 0 Å². The van der Waals surface area contributed by atoms with Crippen molar-refractivity contribution in [3.8, 4) is 17.2 Å². The van der Waals surface area contributed by atoms with Gasteiger partial charge in [-0.1, -0.05) is 38.1 Å². The molecular weight excluding hydrogens is 450 g/mol. The summed E-state index contributed by atoms with van der Waals surface area (Å²) in [6.07, 6.45) is 0. The van der Waals surface area contributed by atoms with Gasteiger partial charge in [-0.15, -0.1) is 0 Å². The lowest BCUT2D eigenvalue weighted by atomic mass is 10.0. The predicted molar refractivity (Wildman–Crippen MR) is 138 cm³/mol. The molecular formula is C26H29N3O4S. The first-order valence-electron chi connectivity index (χ1n) is 10.8. The number of carbonyl (C=O) groups is 1. The maximum Gasteiger partial charge on any atom is 0.269 e. The van der Waals surface area contributed by atoms with E-state index in [1.165, 1.54) is 5.56 Å². The van der Waals surface area contributed by atoms with E-state index in [0.717, 1.165) is 11.3 Å². The maximum absolute atomic E-state index is 12.6. The Balaban J connectivity index is 1.53. The fourth-order valence-electron chi connectivity index (χ4n) is 3.16. The highest BCUT2D eigenvalue weighted by atomic mass is 32.1. The molecule has 7 nitrogen and oxygen atoms in total. The SMILES string of the molecule is COc1ccc(NC(=S)NNC(=O)c2cccc(COc3ccc(C(C)C)cc3)c2)c(OC)c1. The summed E-state index contributed by atoms with van der Waals surface area (Å²) < 4.78 is 16.4. The number of amides is 1. The van der Waals surface area contributed by atoms with Gasteiger partial charge in [0.1, 0.15) is 23.9 Å². The summed E-state index contributed by atoms with van der Waals surface area (Å²) in [4.78, 5) is 12.6. The Kier molecular flexibility index (Phi) is 8.70. The van der Waals surface area contributed by atoms with Crippen molar-refractivity contribution in [1.82, 2.24) is 10.9 Å². The second-order valence-electron chi connectivity index (χ2n) is 7.81. The highest BCUT2D eigenvalue weighted by molar-refractivity contribution is 7.80. The first kappa shape index (κ1) is 24.9. The Bertz CT molecular complexity index is 1130. The van der Waals surface area contributed by atoms with Crippen LogP contribution in [-0.4, -0.2) is 25.2 Å². The third kappa shape index (κ3) is 6.86. The van der Waals surface area contributed by atoms with Gasteiger partial charge in [0, 0.05) is 11.6 Å². The zero-order valence-corrected chi connectivity index (χ0v) is 20.5. The molecule has 0 unspecified atom stereocenters. The van der Waals surface area contributed by atoms with E-state index in [4.69, 9.17) is 26.4 Å². The highest BCUT2D eigenvalue weighted by Gasteiger charge is 2.10. The number of rotatable bonds is 8. The second kappa shape index (κ2) is 11.9. The molecule has 0 radical (unpaired) electrons. The minimum absolute atomic E-state index is 0.209. The van der Waals surface area contributed by atoms with E-state index in [9.17, 15) is 4.79 Å². The monoisotopic (exact) mass is 479 g/mol. The molecule has 1 amide bonds. The highest BCUT2D eigenvalue weighted by Crippen LogP contribution is 2.28. The van der Waals surface area contributed by atoms with Gasteiger partial charge < -0.3 is 19.5 Å². The quantitative estimate of drug-likeness (QED) is 0.309. The number of nitrogens with one attached hydrogen (secondary N) is 3. The number of carbonyl (C=O) groups excluding carboxylic acids is 1. The summed E-state index contributed by atoms with van der Waals surface area (Å²) in [6, 6.07) is 20.6. The Hall–Kier alpha value is -3.78. The van der Waals surface area contributed by atoms with Crippen molar-refractivity contribution in [2.75, 3.05) is 19.5 Å². The fourth-order valence-corrected chi connectivity index (χ4v) is 3.32. The number of hydrazine groups is 1. The molecule has 34 heavy (non-hydrogen) atoms. The van der Waals surface area contributed by atoms with Gasteiger partial charge in [0.05, 0.1) is 19.9 Å². The molecule has 0 aliphatic heterocycles. The van der Waals surface area contributed by atoms with Crippen molar-refractivity contribution in [3.05, 3.63) is 83.4 Å². The fraction of sp³-hybridized carbons (Fsp3) is 0.231. The number of ether oxygens (including phenoxy) is 3. The lowest BCUT2D eigenvalue weighted by molar-refractivity contribution is 0.0944. The molecule has 0 aliphatic carbocycles. The zero-order chi connectivity index (χ0) is 24.5. The summed E-state index contributed by atoms with van der Waals surface area (Å²) in [5.74, 6) is 2.15. The van der Waals surface area contributed by atoms with Crippen LogP contribution in [0.1, 0.15) is 41.3 Å². The van der Waals surface area contributed by atoms with E-state index >= 15 is 0 Å². The molecule has 0 aromatic heterocycles. The van der Waals surface area contributed by atoms with E-state index in [2.05, 4.69) is 42.1 Å².